The number of rotatable bonds is 4. The molecule has 0 spiro atoms. The van der Waals surface area contributed by atoms with Crippen LogP contribution in [0.4, 0.5) is 0 Å². The highest BCUT2D eigenvalue weighted by Crippen LogP contribution is 2.25. The van der Waals surface area contributed by atoms with Gasteiger partial charge in [0.1, 0.15) is 0 Å². The monoisotopic (exact) mass is 215 g/mol. The largest absolute Gasteiger partial charge is 0.395 e. The van der Waals surface area contributed by atoms with Crippen molar-refractivity contribution in [2.24, 2.45) is 0 Å². The summed E-state index contributed by atoms with van der Waals surface area (Å²) in [4.78, 5) is 4.11. The van der Waals surface area contributed by atoms with E-state index in [1.165, 1.54) is 6.20 Å². The highest BCUT2D eigenvalue weighted by molar-refractivity contribution is 6.30. The molecule has 0 aliphatic heterocycles. The van der Waals surface area contributed by atoms with Gasteiger partial charge in [-0.2, -0.15) is 0 Å². The van der Waals surface area contributed by atoms with E-state index in [2.05, 4.69) is 4.98 Å². The number of aliphatic hydroxyl groups excluding tert-OH is 2. The zero-order valence-electron chi connectivity index (χ0n) is 8.07. The maximum absolute atomic E-state index is 9.27. The van der Waals surface area contributed by atoms with Crippen LogP contribution < -0.4 is 0 Å². The molecular formula is C10H14ClNO2. The fourth-order valence-electron chi connectivity index (χ4n) is 1.31. The second-order valence-corrected chi connectivity index (χ2v) is 3.75. The molecule has 14 heavy (non-hydrogen) atoms. The summed E-state index contributed by atoms with van der Waals surface area (Å²) in [6.45, 7) is 1.67. The lowest BCUT2D eigenvalue weighted by Crippen LogP contribution is -2.34. The van der Waals surface area contributed by atoms with Crippen molar-refractivity contribution < 1.29 is 10.2 Å². The van der Waals surface area contributed by atoms with Gasteiger partial charge in [0.25, 0.3) is 0 Å². The summed E-state index contributed by atoms with van der Waals surface area (Å²) in [5.74, 6) is 0. The number of hydrogen-bond donors (Lipinski definition) is 2. The highest BCUT2D eigenvalue weighted by Gasteiger charge is 2.30. The Balaban J connectivity index is 3.05. The predicted molar refractivity (Wildman–Crippen MR) is 55.4 cm³/mol. The van der Waals surface area contributed by atoms with E-state index >= 15 is 0 Å². The van der Waals surface area contributed by atoms with Crippen molar-refractivity contribution in [2.45, 2.75) is 18.8 Å². The van der Waals surface area contributed by atoms with Crippen LogP contribution >= 0.6 is 11.6 Å². The summed E-state index contributed by atoms with van der Waals surface area (Å²) in [5, 5.41) is 19.1. The minimum Gasteiger partial charge on any atom is -0.395 e. The minimum absolute atomic E-state index is 0.116. The molecule has 0 amide bonds. The van der Waals surface area contributed by atoms with Crippen molar-refractivity contribution in [1.29, 1.82) is 0 Å². The Morgan fingerprint density at radius 3 is 2.36 bits per heavy atom. The molecule has 0 radical (unpaired) electrons. The third kappa shape index (κ3) is 2.05. The quantitative estimate of drug-likeness (QED) is 0.798. The van der Waals surface area contributed by atoms with Crippen molar-refractivity contribution in [3.05, 3.63) is 29.0 Å². The Bertz CT molecular complexity index is 274. The molecule has 78 valence electrons. The predicted octanol–water partition coefficient (Wildman–Crippen LogP) is 1.37. The molecule has 4 heteroatoms. The van der Waals surface area contributed by atoms with Crippen LogP contribution in [-0.2, 0) is 5.41 Å². The van der Waals surface area contributed by atoms with E-state index in [1.54, 1.807) is 12.1 Å². The molecule has 0 unspecified atom stereocenters. The summed E-state index contributed by atoms with van der Waals surface area (Å²) in [7, 11) is 0. The normalized spacial score (nSPS) is 11.7. The summed E-state index contributed by atoms with van der Waals surface area (Å²) < 4.78 is 0. The van der Waals surface area contributed by atoms with Gasteiger partial charge in [0, 0.05) is 6.20 Å². The molecule has 0 saturated carbocycles. The number of nitrogens with zero attached hydrogens (tertiary/aromatic N) is 1. The van der Waals surface area contributed by atoms with Gasteiger partial charge in [0.2, 0.25) is 0 Å². The Morgan fingerprint density at radius 1 is 1.36 bits per heavy atom. The van der Waals surface area contributed by atoms with E-state index < -0.39 is 5.41 Å². The second kappa shape index (κ2) is 4.73. The average Bonchev–Trinajstić information content (AvgIpc) is 2.24. The lowest BCUT2D eigenvalue weighted by molar-refractivity contribution is 0.110. The van der Waals surface area contributed by atoms with E-state index in [-0.39, 0.29) is 13.2 Å². The van der Waals surface area contributed by atoms with Crippen LogP contribution in [0, 0.1) is 0 Å². The van der Waals surface area contributed by atoms with Gasteiger partial charge in [-0.15, -0.1) is 0 Å². The van der Waals surface area contributed by atoms with Crippen LogP contribution in [0.3, 0.4) is 0 Å². The van der Waals surface area contributed by atoms with Crippen molar-refractivity contribution in [1.82, 2.24) is 4.98 Å². The summed E-state index contributed by atoms with van der Waals surface area (Å²) in [6, 6.07) is 3.44. The minimum atomic E-state index is -0.648. The summed E-state index contributed by atoms with van der Waals surface area (Å²) in [5.41, 5.74) is 0.0271. The fraction of sp³-hybridized carbons (Fsp3) is 0.500. The molecule has 0 fully saturated rings. The first-order valence-corrected chi connectivity index (χ1v) is 4.90. The molecule has 2 N–H and O–H groups in total. The summed E-state index contributed by atoms with van der Waals surface area (Å²) in [6.07, 6.45) is 2.15. The molecule has 0 aliphatic rings. The Labute approximate surface area is 88.4 Å². The Morgan fingerprint density at radius 2 is 2.00 bits per heavy atom. The van der Waals surface area contributed by atoms with Gasteiger partial charge in [-0.1, -0.05) is 18.5 Å². The molecule has 0 saturated heterocycles. The summed E-state index contributed by atoms with van der Waals surface area (Å²) >= 11 is 5.70. The first-order valence-electron chi connectivity index (χ1n) is 4.52. The van der Waals surface area contributed by atoms with Crippen LogP contribution in [0.5, 0.6) is 0 Å². The highest BCUT2D eigenvalue weighted by atomic mass is 35.5. The zero-order valence-corrected chi connectivity index (χ0v) is 8.83. The van der Waals surface area contributed by atoms with E-state index in [0.29, 0.717) is 17.1 Å². The van der Waals surface area contributed by atoms with Gasteiger partial charge in [0.05, 0.1) is 29.3 Å². The fourth-order valence-corrected chi connectivity index (χ4v) is 1.42. The number of aliphatic hydroxyl groups is 2. The van der Waals surface area contributed by atoms with Crippen molar-refractivity contribution in [3.63, 3.8) is 0 Å². The molecule has 3 nitrogen and oxygen atoms in total. The van der Waals surface area contributed by atoms with E-state index in [9.17, 15) is 10.2 Å². The molecule has 1 rings (SSSR count). The number of aromatic nitrogens is 1. The Kier molecular flexibility index (Phi) is 3.86. The van der Waals surface area contributed by atoms with Crippen LogP contribution in [0.2, 0.25) is 5.02 Å². The van der Waals surface area contributed by atoms with Crippen LogP contribution in [0.25, 0.3) is 0 Å². The first-order chi connectivity index (χ1) is 6.68. The maximum atomic E-state index is 9.27. The molecular weight excluding hydrogens is 202 g/mol. The topological polar surface area (TPSA) is 53.4 Å². The lowest BCUT2D eigenvalue weighted by atomic mass is 9.83. The molecule has 0 bridgehead atoms. The van der Waals surface area contributed by atoms with Gasteiger partial charge in [0.15, 0.2) is 0 Å². The van der Waals surface area contributed by atoms with Crippen LogP contribution in [0.1, 0.15) is 19.0 Å². The zero-order chi connectivity index (χ0) is 10.6. The van der Waals surface area contributed by atoms with E-state index in [4.69, 9.17) is 11.6 Å². The van der Waals surface area contributed by atoms with E-state index in [0.717, 1.165) is 0 Å². The number of hydrogen-bond acceptors (Lipinski definition) is 3. The van der Waals surface area contributed by atoms with Crippen molar-refractivity contribution in [3.8, 4) is 0 Å². The Hall–Kier alpha value is -0.640. The molecule has 1 heterocycles. The molecule has 1 aromatic heterocycles. The van der Waals surface area contributed by atoms with Gasteiger partial charge in [-0.3, -0.25) is 4.98 Å². The third-order valence-electron chi connectivity index (χ3n) is 2.55. The molecule has 0 atom stereocenters. The van der Waals surface area contributed by atoms with Crippen molar-refractivity contribution >= 4 is 11.6 Å². The average molecular weight is 216 g/mol. The first kappa shape index (κ1) is 11.4. The number of halogens is 1. The van der Waals surface area contributed by atoms with Gasteiger partial charge >= 0.3 is 0 Å². The molecule has 0 aliphatic carbocycles. The van der Waals surface area contributed by atoms with Crippen LogP contribution in [-0.4, -0.2) is 28.4 Å². The van der Waals surface area contributed by atoms with Gasteiger partial charge < -0.3 is 10.2 Å². The van der Waals surface area contributed by atoms with Crippen molar-refractivity contribution in [2.75, 3.05) is 13.2 Å². The van der Waals surface area contributed by atoms with E-state index in [1.807, 2.05) is 6.92 Å². The van der Waals surface area contributed by atoms with Gasteiger partial charge in [-0.05, 0) is 18.6 Å². The SMILES string of the molecule is CCC(CO)(CO)c1ccc(Cl)cn1. The third-order valence-corrected chi connectivity index (χ3v) is 2.78. The number of pyridine rings is 1. The lowest BCUT2D eigenvalue weighted by Gasteiger charge is -2.27. The molecule has 1 aromatic rings. The standard InChI is InChI=1S/C10H14ClNO2/c1-2-10(6-13,7-14)9-4-3-8(11)5-12-9/h3-5,13-14H,2,6-7H2,1H3. The smallest absolute Gasteiger partial charge is 0.0589 e. The second-order valence-electron chi connectivity index (χ2n) is 3.31. The molecule has 0 aromatic carbocycles. The van der Waals surface area contributed by atoms with Gasteiger partial charge in [-0.25, -0.2) is 0 Å². The maximum Gasteiger partial charge on any atom is 0.0589 e. The van der Waals surface area contributed by atoms with Crippen LogP contribution in [0.15, 0.2) is 18.3 Å².